The summed E-state index contributed by atoms with van der Waals surface area (Å²) < 4.78 is 5.76. The summed E-state index contributed by atoms with van der Waals surface area (Å²) in [4.78, 5) is 7.19. The Hall–Kier alpha value is -1.87. The Morgan fingerprint density at radius 3 is 2.77 bits per heavy atom. The highest BCUT2D eigenvalue weighted by Gasteiger charge is 2.21. The fraction of sp³-hybridized carbons (Fsp3) is 0.421. The van der Waals surface area contributed by atoms with Crippen molar-refractivity contribution >= 4 is 0 Å². The summed E-state index contributed by atoms with van der Waals surface area (Å²) in [5.74, 6) is 1.48. The van der Waals surface area contributed by atoms with E-state index in [2.05, 4.69) is 28.9 Å². The minimum absolute atomic E-state index is 0.572. The number of hydrogen-bond acceptors (Lipinski definition) is 3. The number of likely N-dealkylation sites (N-methyl/N-ethyl adjacent to an activating group) is 1. The van der Waals surface area contributed by atoms with Gasteiger partial charge in [0.15, 0.2) is 0 Å². The van der Waals surface area contributed by atoms with Crippen LogP contribution in [0.5, 0.6) is 5.75 Å². The Kier molecular flexibility index (Phi) is 5.07. The molecule has 1 aliphatic rings. The molecule has 1 fully saturated rings. The molecule has 0 bridgehead atoms. The standard InChI is InChI=1S/C19H24N2O/c1-2-21-12-6-7-17(14-21)19-11-10-16(13-20-19)15-22-18-8-4-3-5-9-18/h3-5,8-11,13,17H,2,6-7,12,14-15H2,1H3. The van der Waals surface area contributed by atoms with E-state index in [1.807, 2.05) is 36.5 Å². The summed E-state index contributed by atoms with van der Waals surface area (Å²) in [5.41, 5.74) is 2.34. The van der Waals surface area contributed by atoms with Gasteiger partial charge in [-0.15, -0.1) is 0 Å². The number of nitrogens with zero attached hydrogens (tertiary/aromatic N) is 2. The van der Waals surface area contributed by atoms with E-state index in [0.29, 0.717) is 12.5 Å². The van der Waals surface area contributed by atoms with Crippen molar-refractivity contribution in [3.8, 4) is 5.75 Å². The Bertz CT molecular complexity index is 568. The summed E-state index contributed by atoms with van der Waals surface area (Å²) in [6.45, 7) is 6.32. The summed E-state index contributed by atoms with van der Waals surface area (Å²) in [5, 5.41) is 0. The summed E-state index contributed by atoms with van der Waals surface area (Å²) >= 11 is 0. The number of aromatic nitrogens is 1. The van der Waals surface area contributed by atoms with Crippen molar-refractivity contribution < 1.29 is 4.74 Å². The molecular weight excluding hydrogens is 272 g/mol. The first kappa shape index (κ1) is 15.0. The molecule has 2 heterocycles. The molecule has 2 aromatic rings. The molecule has 3 nitrogen and oxygen atoms in total. The Morgan fingerprint density at radius 1 is 1.18 bits per heavy atom. The van der Waals surface area contributed by atoms with Crippen LogP contribution in [0.4, 0.5) is 0 Å². The number of benzene rings is 1. The topological polar surface area (TPSA) is 25.4 Å². The number of rotatable bonds is 5. The monoisotopic (exact) mass is 296 g/mol. The number of piperidine rings is 1. The lowest BCUT2D eigenvalue weighted by Gasteiger charge is -2.31. The molecule has 116 valence electrons. The molecule has 1 aromatic carbocycles. The Balaban J connectivity index is 1.58. The molecule has 3 rings (SSSR count). The second-order valence-electron chi connectivity index (χ2n) is 5.93. The summed E-state index contributed by atoms with van der Waals surface area (Å²) in [7, 11) is 0. The largest absolute Gasteiger partial charge is 0.489 e. The zero-order valence-corrected chi connectivity index (χ0v) is 13.2. The molecule has 1 atom stereocenters. The van der Waals surface area contributed by atoms with E-state index in [1.54, 1.807) is 0 Å². The zero-order valence-electron chi connectivity index (χ0n) is 13.2. The number of likely N-dealkylation sites (tertiary alicyclic amines) is 1. The average molecular weight is 296 g/mol. The van der Waals surface area contributed by atoms with E-state index in [0.717, 1.165) is 24.4 Å². The molecule has 0 spiro atoms. The van der Waals surface area contributed by atoms with Crippen LogP contribution in [0.15, 0.2) is 48.7 Å². The van der Waals surface area contributed by atoms with E-state index in [1.165, 1.54) is 25.1 Å². The van der Waals surface area contributed by atoms with Gasteiger partial charge in [0.25, 0.3) is 0 Å². The minimum atomic E-state index is 0.572. The first-order valence-corrected chi connectivity index (χ1v) is 8.20. The maximum Gasteiger partial charge on any atom is 0.119 e. The first-order chi connectivity index (χ1) is 10.8. The molecule has 1 unspecified atom stereocenters. The van der Waals surface area contributed by atoms with Crippen LogP contribution in [0, 0.1) is 0 Å². The molecule has 1 aliphatic heterocycles. The van der Waals surface area contributed by atoms with E-state index in [4.69, 9.17) is 4.74 Å². The van der Waals surface area contributed by atoms with Gasteiger partial charge in [0.2, 0.25) is 0 Å². The second kappa shape index (κ2) is 7.41. The average Bonchev–Trinajstić information content (AvgIpc) is 2.61. The summed E-state index contributed by atoms with van der Waals surface area (Å²) in [6.07, 6.45) is 4.49. The van der Waals surface area contributed by atoms with Crippen LogP contribution >= 0.6 is 0 Å². The fourth-order valence-corrected chi connectivity index (χ4v) is 3.03. The van der Waals surface area contributed by atoms with Crippen LogP contribution in [0.1, 0.15) is 36.9 Å². The Labute approximate surface area is 132 Å². The minimum Gasteiger partial charge on any atom is -0.489 e. The molecule has 1 saturated heterocycles. The van der Waals surface area contributed by atoms with E-state index in [-0.39, 0.29) is 0 Å². The zero-order chi connectivity index (χ0) is 15.2. The number of pyridine rings is 1. The summed E-state index contributed by atoms with van der Waals surface area (Å²) in [6, 6.07) is 14.2. The molecular formula is C19H24N2O. The highest BCUT2D eigenvalue weighted by atomic mass is 16.5. The second-order valence-corrected chi connectivity index (χ2v) is 5.93. The van der Waals surface area contributed by atoms with E-state index < -0.39 is 0 Å². The molecule has 0 radical (unpaired) electrons. The predicted molar refractivity (Wildman–Crippen MR) is 89.1 cm³/mol. The van der Waals surface area contributed by atoms with Gasteiger partial charge in [-0.2, -0.15) is 0 Å². The van der Waals surface area contributed by atoms with Crippen LogP contribution in [0.2, 0.25) is 0 Å². The van der Waals surface area contributed by atoms with Crippen molar-refractivity contribution in [1.82, 2.24) is 9.88 Å². The third-order valence-electron chi connectivity index (χ3n) is 4.37. The number of hydrogen-bond donors (Lipinski definition) is 0. The third kappa shape index (κ3) is 3.86. The highest BCUT2D eigenvalue weighted by molar-refractivity contribution is 5.22. The molecule has 1 aromatic heterocycles. The normalized spacial score (nSPS) is 19.0. The van der Waals surface area contributed by atoms with Crippen molar-refractivity contribution in [3.63, 3.8) is 0 Å². The molecule has 22 heavy (non-hydrogen) atoms. The van der Waals surface area contributed by atoms with Crippen molar-refractivity contribution in [2.24, 2.45) is 0 Å². The van der Waals surface area contributed by atoms with Gasteiger partial charge in [0.1, 0.15) is 12.4 Å². The van der Waals surface area contributed by atoms with Gasteiger partial charge < -0.3 is 9.64 Å². The first-order valence-electron chi connectivity index (χ1n) is 8.20. The van der Waals surface area contributed by atoms with Crippen LogP contribution in [-0.2, 0) is 6.61 Å². The van der Waals surface area contributed by atoms with Gasteiger partial charge in [-0.25, -0.2) is 0 Å². The van der Waals surface area contributed by atoms with Crippen LogP contribution < -0.4 is 4.74 Å². The maximum absolute atomic E-state index is 5.76. The van der Waals surface area contributed by atoms with Crippen LogP contribution in [-0.4, -0.2) is 29.5 Å². The van der Waals surface area contributed by atoms with Gasteiger partial charge in [-0.3, -0.25) is 4.98 Å². The third-order valence-corrected chi connectivity index (χ3v) is 4.37. The van der Waals surface area contributed by atoms with Crippen LogP contribution in [0.25, 0.3) is 0 Å². The smallest absolute Gasteiger partial charge is 0.119 e. The lowest BCUT2D eigenvalue weighted by atomic mass is 9.94. The Morgan fingerprint density at radius 2 is 2.05 bits per heavy atom. The van der Waals surface area contributed by atoms with E-state index >= 15 is 0 Å². The van der Waals surface area contributed by atoms with Crippen molar-refractivity contribution in [2.75, 3.05) is 19.6 Å². The van der Waals surface area contributed by atoms with Gasteiger partial charge in [0, 0.05) is 29.9 Å². The quantitative estimate of drug-likeness (QED) is 0.837. The van der Waals surface area contributed by atoms with Crippen molar-refractivity contribution in [3.05, 3.63) is 59.9 Å². The predicted octanol–water partition coefficient (Wildman–Crippen LogP) is 3.86. The molecule has 0 aliphatic carbocycles. The van der Waals surface area contributed by atoms with Gasteiger partial charge in [0.05, 0.1) is 0 Å². The molecule has 0 N–H and O–H groups in total. The molecule has 0 amide bonds. The van der Waals surface area contributed by atoms with Gasteiger partial charge in [-0.1, -0.05) is 31.2 Å². The lowest BCUT2D eigenvalue weighted by Crippen LogP contribution is -2.34. The number of ether oxygens (including phenoxy) is 1. The highest BCUT2D eigenvalue weighted by Crippen LogP contribution is 2.25. The fourth-order valence-electron chi connectivity index (χ4n) is 3.03. The SMILES string of the molecule is CCN1CCCC(c2ccc(COc3ccccc3)cn2)C1. The van der Waals surface area contributed by atoms with Gasteiger partial charge >= 0.3 is 0 Å². The maximum atomic E-state index is 5.76. The van der Waals surface area contributed by atoms with Crippen molar-refractivity contribution in [1.29, 1.82) is 0 Å². The van der Waals surface area contributed by atoms with Crippen molar-refractivity contribution in [2.45, 2.75) is 32.3 Å². The van der Waals surface area contributed by atoms with Gasteiger partial charge in [-0.05, 0) is 44.1 Å². The molecule has 0 saturated carbocycles. The van der Waals surface area contributed by atoms with Crippen LogP contribution in [0.3, 0.4) is 0 Å². The lowest BCUT2D eigenvalue weighted by molar-refractivity contribution is 0.216. The molecule has 3 heteroatoms. The van der Waals surface area contributed by atoms with E-state index in [9.17, 15) is 0 Å². The number of para-hydroxylation sites is 1.